The maximum absolute atomic E-state index is 13.3. The van der Waals surface area contributed by atoms with Crippen LogP contribution in [0.4, 0.5) is 4.39 Å². The second-order valence-corrected chi connectivity index (χ2v) is 7.33. The highest BCUT2D eigenvalue weighted by molar-refractivity contribution is 5.94. The van der Waals surface area contributed by atoms with E-state index in [0.29, 0.717) is 38.2 Å². The molecule has 0 spiro atoms. The lowest BCUT2D eigenvalue weighted by atomic mass is 9.86. The average molecular weight is 335 g/mol. The van der Waals surface area contributed by atoms with Crippen molar-refractivity contribution in [1.29, 1.82) is 0 Å². The lowest BCUT2D eigenvalue weighted by molar-refractivity contribution is -0.134. The second-order valence-electron chi connectivity index (χ2n) is 7.33. The van der Waals surface area contributed by atoms with E-state index in [1.165, 1.54) is 18.2 Å². The van der Waals surface area contributed by atoms with Gasteiger partial charge in [-0.15, -0.1) is 0 Å². The van der Waals surface area contributed by atoms with Gasteiger partial charge >= 0.3 is 0 Å². The first kappa shape index (κ1) is 18.4. The summed E-state index contributed by atoms with van der Waals surface area (Å²) in [4.78, 5) is 28.4. The molecular formula is C18H26FN3O2. The standard InChI is InChI=1S/C18H26FN3O2/c1-18(2,3)15(20)17(24)22-9-5-8-21(10-11-22)16(23)13-6-4-7-14(19)12-13/h4,6-7,12,15H,5,8-11,20H2,1-3H3/t15-/m1/s1. The number of carbonyl (C=O) groups excluding carboxylic acids is 2. The summed E-state index contributed by atoms with van der Waals surface area (Å²) in [6.45, 7) is 7.81. The van der Waals surface area contributed by atoms with Crippen molar-refractivity contribution < 1.29 is 14.0 Å². The van der Waals surface area contributed by atoms with Crippen LogP contribution in [-0.2, 0) is 4.79 Å². The van der Waals surface area contributed by atoms with Gasteiger partial charge in [0, 0.05) is 31.7 Å². The number of amides is 2. The first-order valence-corrected chi connectivity index (χ1v) is 8.29. The van der Waals surface area contributed by atoms with Gasteiger partial charge in [0.2, 0.25) is 5.91 Å². The van der Waals surface area contributed by atoms with Gasteiger partial charge in [0.1, 0.15) is 5.82 Å². The monoisotopic (exact) mass is 335 g/mol. The Labute approximate surface area is 142 Å². The van der Waals surface area contributed by atoms with Crippen molar-refractivity contribution in [3.8, 4) is 0 Å². The third kappa shape index (κ3) is 4.32. The van der Waals surface area contributed by atoms with Crippen molar-refractivity contribution in [2.75, 3.05) is 26.2 Å². The fourth-order valence-electron chi connectivity index (χ4n) is 2.71. The maximum Gasteiger partial charge on any atom is 0.254 e. The summed E-state index contributed by atoms with van der Waals surface area (Å²) in [6.07, 6.45) is 0.684. The molecule has 1 aliphatic rings. The largest absolute Gasteiger partial charge is 0.339 e. The van der Waals surface area contributed by atoms with E-state index in [1.807, 2.05) is 20.8 Å². The Kier molecular flexibility index (Phi) is 5.59. The minimum Gasteiger partial charge on any atom is -0.339 e. The minimum absolute atomic E-state index is 0.0810. The Bertz CT molecular complexity index is 613. The Morgan fingerprint density at radius 2 is 1.75 bits per heavy atom. The summed E-state index contributed by atoms with van der Waals surface area (Å²) in [5.74, 6) is -0.713. The third-order valence-electron chi connectivity index (χ3n) is 4.37. The van der Waals surface area contributed by atoms with Gasteiger partial charge in [-0.05, 0) is 30.0 Å². The van der Waals surface area contributed by atoms with E-state index < -0.39 is 11.9 Å². The number of halogens is 1. The molecule has 0 radical (unpaired) electrons. The fourth-order valence-corrected chi connectivity index (χ4v) is 2.71. The Balaban J connectivity index is 2.02. The van der Waals surface area contributed by atoms with Crippen LogP contribution < -0.4 is 5.73 Å². The molecule has 1 saturated heterocycles. The lowest BCUT2D eigenvalue weighted by Gasteiger charge is -2.31. The maximum atomic E-state index is 13.3. The van der Waals surface area contributed by atoms with Crippen LogP contribution in [0.1, 0.15) is 37.6 Å². The number of hydrogen-bond acceptors (Lipinski definition) is 3. The second kappa shape index (κ2) is 7.30. The van der Waals surface area contributed by atoms with Crippen LogP contribution in [-0.4, -0.2) is 53.8 Å². The van der Waals surface area contributed by atoms with Crippen molar-refractivity contribution in [1.82, 2.24) is 9.80 Å². The van der Waals surface area contributed by atoms with Crippen molar-refractivity contribution in [2.45, 2.75) is 33.2 Å². The average Bonchev–Trinajstić information content (AvgIpc) is 2.78. The molecule has 2 N–H and O–H groups in total. The summed E-state index contributed by atoms with van der Waals surface area (Å²) in [7, 11) is 0. The number of nitrogens with two attached hydrogens (primary N) is 1. The third-order valence-corrected chi connectivity index (χ3v) is 4.37. The predicted octanol–water partition coefficient (Wildman–Crippen LogP) is 1.87. The van der Waals surface area contributed by atoms with Crippen LogP contribution in [0, 0.1) is 11.2 Å². The Morgan fingerprint density at radius 1 is 1.12 bits per heavy atom. The Morgan fingerprint density at radius 3 is 2.38 bits per heavy atom. The highest BCUT2D eigenvalue weighted by Gasteiger charge is 2.32. The van der Waals surface area contributed by atoms with Crippen LogP contribution in [0.2, 0.25) is 0 Å². The molecule has 2 rings (SSSR count). The molecule has 0 aromatic heterocycles. The van der Waals surface area contributed by atoms with Gasteiger partial charge in [-0.3, -0.25) is 9.59 Å². The zero-order chi connectivity index (χ0) is 17.9. The lowest BCUT2D eigenvalue weighted by Crippen LogP contribution is -2.51. The summed E-state index contributed by atoms with van der Waals surface area (Å²) in [5, 5.41) is 0. The summed E-state index contributed by atoms with van der Waals surface area (Å²) in [5.41, 5.74) is 6.09. The minimum atomic E-state index is -0.567. The van der Waals surface area contributed by atoms with Crippen LogP contribution in [0.5, 0.6) is 0 Å². The van der Waals surface area contributed by atoms with E-state index in [-0.39, 0.29) is 17.2 Å². The predicted molar refractivity (Wildman–Crippen MR) is 90.9 cm³/mol. The molecule has 0 saturated carbocycles. The van der Waals surface area contributed by atoms with E-state index in [4.69, 9.17) is 5.73 Å². The molecule has 5 nitrogen and oxygen atoms in total. The van der Waals surface area contributed by atoms with Crippen LogP contribution in [0.3, 0.4) is 0 Å². The van der Waals surface area contributed by atoms with Gasteiger partial charge in [-0.2, -0.15) is 0 Å². The van der Waals surface area contributed by atoms with Crippen LogP contribution in [0.25, 0.3) is 0 Å². The molecule has 0 aliphatic carbocycles. The molecule has 1 aromatic rings. The SMILES string of the molecule is CC(C)(C)[C@H](N)C(=O)N1CCCN(C(=O)c2cccc(F)c2)CC1. The summed E-state index contributed by atoms with van der Waals surface area (Å²) < 4.78 is 13.3. The van der Waals surface area contributed by atoms with E-state index in [9.17, 15) is 14.0 Å². The van der Waals surface area contributed by atoms with Gasteiger partial charge in [0.25, 0.3) is 5.91 Å². The van der Waals surface area contributed by atoms with Gasteiger partial charge in [-0.25, -0.2) is 4.39 Å². The van der Waals surface area contributed by atoms with Crippen molar-refractivity contribution >= 4 is 11.8 Å². The number of carbonyl (C=O) groups is 2. The number of rotatable bonds is 2. The molecule has 24 heavy (non-hydrogen) atoms. The van der Waals surface area contributed by atoms with Crippen LogP contribution >= 0.6 is 0 Å². The highest BCUT2D eigenvalue weighted by atomic mass is 19.1. The fraction of sp³-hybridized carbons (Fsp3) is 0.556. The van der Waals surface area contributed by atoms with Crippen molar-refractivity contribution in [3.63, 3.8) is 0 Å². The molecule has 6 heteroatoms. The number of nitrogens with zero attached hydrogens (tertiary/aromatic N) is 2. The van der Waals surface area contributed by atoms with Crippen LogP contribution in [0.15, 0.2) is 24.3 Å². The smallest absolute Gasteiger partial charge is 0.254 e. The highest BCUT2D eigenvalue weighted by Crippen LogP contribution is 2.20. The zero-order valence-corrected chi connectivity index (χ0v) is 14.6. The van der Waals surface area contributed by atoms with Gasteiger partial charge in [-0.1, -0.05) is 26.8 Å². The quantitative estimate of drug-likeness (QED) is 0.897. The van der Waals surface area contributed by atoms with Gasteiger partial charge in [0.05, 0.1) is 6.04 Å². The van der Waals surface area contributed by atoms with E-state index in [1.54, 1.807) is 15.9 Å². The number of benzene rings is 1. The Hall–Kier alpha value is -1.95. The molecule has 1 aliphatic heterocycles. The van der Waals surface area contributed by atoms with E-state index in [0.717, 1.165) is 0 Å². The topological polar surface area (TPSA) is 66.6 Å². The molecule has 0 unspecified atom stereocenters. The molecular weight excluding hydrogens is 309 g/mol. The summed E-state index contributed by atoms with van der Waals surface area (Å²) in [6, 6.07) is 5.12. The zero-order valence-electron chi connectivity index (χ0n) is 14.6. The molecule has 1 heterocycles. The van der Waals surface area contributed by atoms with E-state index in [2.05, 4.69) is 0 Å². The first-order valence-electron chi connectivity index (χ1n) is 8.29. The first-order chi connectivity index (χ1) is 11.2. The molecule has 1 fully saturated rings. The van der Waals surface area contributed by atoms with Crippen molar-refractivity contribution in [3.05, 3.63) is 35.6 Å². The molecule has 132 valence electrons. The summed E-state index contributed by atoms with van der Waals surface area (Å²) >= 11 is 0. The van der Waals surface area contributed by atoms with Crippen molar-refractivity contribution in [2.24, 2.45) is 11.1 Å². The van der Waals surface area contributed by atoms with E-state index >= 15 is 0 Å². The molecule has 0 bridgehead atoms. The normalized spacial score (nSPS) is 17.4. The van der Waals surface area contributed by atoms with Gasteiger partial charge in [0.15, 0.2) is 0 Å². The molecule has 1 aromatic carbocycles. The molecule has 1 atom stereocenters. The van der Waals surface area contributed by atoms with Gasteiger partial charge < -0.3 is 15.5 Å². The molecule has 2 amide bonds. The number of hydrogen-bond donors (Lipinski definition) is 1.